The van der Waals surface area contributed by atoms with Crippen molar-refractivity contribution in [3.05, 3.63) is 0 Å². The predicted molar refractivity (Wildman–Crippen MR) is 61.7 cm³/mol. The molecule has 0 aliphatic carbocycles. The zero-order valence-corrected chi connectivity index (χ0v) is 10.2. The molecule has 0 fully saturated rings. The minimum absolute atomic E-state index is 0.0197. The zero-order chi connectivity index (χ0) is 11.8. The highest BCUT2D eigenvalue weighted by Crippen LogP contribution is 1.95. The molecule has 0 aliphatic rings. The molecule has 1 amide bonds. The first-order valence-electron chi connectivity index (χ1n) is 5.69. The number of hydrogen-bond acceptors (Lipinski definition) is 3. The molecule has 90 valence electrons. The Balaban J connectivity index is 3.72. The van der Waals surface area contributed by atoms with Crippen molar-refractivity contribution in [2.45, 2.75) is 58.7 Å². The number of carbonyl (C=O) groups is 1. The third-order valence-electron chi connectivity index (χ3n) is 2.11. The van der Waals surface area contributed by atoms with Gasteiger partial charge in [-0.2, -0.15) is 0 Å². The summed E-state index contributed by atoms with van der Waals surface area (Å²) in [6.07, 6.45) is 1.37. The van der Waals surface area contributed by atoms with Gasteiger partial charge in [0.1, 0.15) is 0 Å². The number of nitrogens with one attached hydrogen (secondary N) is 2. The van der Waals surface area contributed by atoms with Crippen LogP contribution in [0.15, 0.2) is 0 Å². The van der Waals surface area contributed by atoms with Crippen molar-refractivity contribution < 1.29 is 9.90 Å². The van der Waals surface area contributed by atoms with Crippen molar-refractivity contribution in [2.75, 3.05) is 6.54 Å². The van der Waals surface area contributed by atoms with Gasteiger partial charge in [-0.1, -0.05) is 13.3 Å². The molecule has 0 heterocycles. The molecule has 0 saturated carbocycles. The second-order valence-corrected chi connectivity index (χ2v) is 4.24. The topological polar surface area (TPSA) is 61.4 Å². The lowest BCUT2D eigenvalue weighted by atomic mass is 10.2. The molecule has 0 aromatic carbocycles. The van der Waals surface area contributed by atoms with Crippen molar-refractivity contribution in [3.63, 3.8) is 0 Å². The van der Waals surface area contributed by atoms with Gasteiger partial charge in [-0.3, -0.25) is 4.79 Å². The molecular formula is C11H24N2O2. The van der Waals surface area contributed by atoms with Gasteiger partial charge in [-0.25, -0.2) is 0 Å². The van der Waals surface area contributed by atoms with E-state index < -0.39 is 0 Å². The Morgan fingerprint density at radius 3 is 2.40 bits per heavy atom. The van der Waals surface area contributed by atoms with E-state index in [1.165, 1.54) is 0 Å². The minimum Gasteiger partial charge on any atom is -0.392 e. The Morgan fingerprint density at radius 1 is 1.33 bits per heavy atom. The summed E-state index contributed by atoms with van der Waals surface area (Å²) in [7, 11) is 0. The Labute approximate surface area is 92.4 Å². The highest BCUT2D eigenvalue weighted by molar-refractivity contribution is 5.81. The van der Waals surface area contributed by atoms with Crippen LogP contribution >= 0.6 is 0 Å². The fourth-order valence-electron chi connectivity index (χ4n) is 1.25. The minimum atomic E-state index is -0.357. The highest BCUT2D eigenvalue weighted by Gasteiger charge is 2.13. The van der Waals surface area contributed by atoms with E-state index in [1.807, 2.05) is 20.8 Å². The van der Waals surface area contributed by atoms with Crippen molar-refractivity contribution in [1.82, 2.24) is 10.6 Å². The average Bonchev–Trinajstić information content (AvgIpc) is 2.13. The van der Waals surface area contributed by atoms with Crippen LogP contribution in [0.25, 0.3) is 0 Å². The Morgan fingerprint density at radius 2 is 1.93 bits per heavy atom. The number of aliphatic hydroxyl groups is 1. The second kappa shape index (κ2) is 7.65. The normalized spacial score (nSPS) is 15.1. The Hall–Kier alpha value is -0.610. The van der Waals surface area contributed by atoms with E-state index in [0.29, 0.717) is 6.54 Å². The zero-order valence-electron chi connectivity index (χ0n) is 10.2. The third-order valence-corrected chi connectivity index (χ3v) is 2.11. The van der Waals surface area contributed by atoms with E-state index in [4.69, 9.17) is 0 Å². The molecule has 15 heavy (non-hydrogen) atoms. The van der Waals surface area contributed by atoms with Crippen molar-refractivity contribution >= 4 is 5.91 Å². The molecule has 0 radical (unpaired) electrons. The van der Waals surface area contributed by atoms with Crippen LogP contribution in [0, 0.1) is 0 Å². The molecule has 2 unspecified atom stereocenters. The van der Waals surface area contributed by atoms with Crippen LogP contribution in [-0.2, 0) is 4.79 Å². The SMILES string of the molecule is CCCC(O)CNC(C)C(=O)NC(C)C. The Bertz CT molecular complexity index is 183. The smallest absolute Gasteiger partial charge is 0.237 e. The van der Waals surface area contributed by atoms with Crippen LogP contribution in [-0.4, -0.2) is 35.7 Å². The molecule has 0 rings (SSSR count). The van der Waals surface area contributed by atoms with E-state index in [-0.39, 0.29) is 24.1 Å². The number of amides is 1. The lowest BCUT2D eigenvalue weighted by Gasteiger charge is -2.17. The number of aliphatic hydroxyl groups excluding tert-OH is 1. The summed E-state index contributed by atoms with van der Waals surface area (Å²) in [6, 6.07) is -0.0961. The predicted octanol–water partition coefficient (Wildman–Crippen LogP) is 0.650. The first-order valence-corrected chi connectivity index (χ1v) is 5.69. The summed E-state index contributed by atoms with van der Waals surface area (Å²) in [5.74, 6) is -0.0197. The lowest BCUT2D eigenvalue weighted by Crippen LogP contribution is -2.46. The van der Waals surface area contributed by atoms with Crippen LogP contribution in [0.5, 0.6) is 0 Å². The molecule has 0 saturated heterocycles. The van der Waals surface area contributed by atoms with E-state index in [2.05, 4.69) is 10.6 Å². The third kappa shape index (κ3) is 7.33. The quantitative estimate of drug-likeness (QED) is 0.585. The lowest BCUT2D eigenvalue weighted by molar-refractivity contribution is -0.123. The molecule has 0 aromatic heterocycles. The van der Waals surface area contributed by atoms with Gasteiger partial charge in [0.25, 0.3) is 0 Å². The molecule has 0 bridgehead atoms. The first kappa shape index (κ1) is 14.4. The number of rotatable bonds is 7. The maximum atomic E-state index is 11.5. The molecule has 0 aromatic rings. The standard InChI is InChI=1S/C11H24N2O2/c1-5-6-10(14)7-12-9(4)11(15)13-8(2)3/h8-10,12,14H,5-7H2,1-4H3,(H,13,15). The number of hydrogen-bond donors (Lipinski definition) is 3. The summed E-state index contributed by atoms with van der Waals surface area (Å²) < 4.78 is 0. The second-order valence-electron chi connectivity index (χ2n) is 4.24. The van der Waals surface area contributed by atoms with Gasteiger partial charge in [-0.15, -0.1) is 0 Å². The molecule has 0 spiro atoms. The maximum absolute atomic E-state index is 11.5. The molecule has 4 nitrogen and oxygen atoms in total. The van der Waals surface area contributed by atoms with Gasteiger partial charge in [-0.05, 0) is 27.2 Å². The first-order chi connectivity index (χ1) is 6.97. The fraction of sp³-hybridized carbons (Fsp3) is 0.909. The van der Waals surface area contributed by atoms with Crippen molar-refractivity contribution in [3.8, 4) is 0 Å². The monoisotopic (exact) mass is 216 g/mol. The van der Waals surface area contributed by atoms with Crippen LogP contribution in [0.1, 0.15) is 40.5 Å². The molecule has 3 N–H and O–H groups in total. The molecular weight excluding hydrogens is 192 g/mol. The molecule has 4 heteroatoms. The summed E-state index contributed by atoms with van der Waals surface area (Å²) in [5.41, 5.74) is 0. The van der Waals surface area contributed by atoms with E-state index in [1.54, 1.807) is 6.92 Å². The van der Waals surface area contributed by atoms with E-state index in [0.717, 1.165) is 12.8 Å². The number of carbonyl (C=O) groups excluding carboxylic acids is 1. The summed E-state index contributed by atoms with van der Waals surface area (Å²) in [4.78, 5) is 11.5. The van der Waals surface area contributed by atoms with Crippen LogP contribution < -0.4 is 10.6 Å². The summed E-state index contributed by atoms with van der Waals surface area (Å²) in [5, 5.41) is 15.3. The van der Waals surface area contributed by atoms with Gasteiger partial charge < -0.3 is 15.7 Å². The molecule has 2 atom stereocenters. The Kier molecular flexibility index (Phi) is 7.34. The van der Waals surface area contributed by atoms with Gasteiger partial charge in [0.05, 0.1) is 12.1 Å². The summed E-state index contributed by atoms with van der Waals surface area (Å²) >= 11 is 0. The highest BCUT2D eigenvalue weighted by atomic mass is 16.3. The van der Waals surface area contributed by atoms with Gasteiger partial charge in [0.15, 0.2) is 0 Å². The van der Waals surface area contributed by atoms with E-state index in [9.17, 15) is 9.90 Å². The fourth-order valence-corrected chi connectivity index (χ4v) is 1.25. The summed E-state index contributed by atoms with van der Waals surface area (Å²) in [6.45, 7) is 8.15. The van der Waals surface area contributed by atoms with Gasteiger partial charge in [0, 0.05) is 12.6 Å². The van der Waals surface area contributed by atoms with Gasteiger partial charge >= 0.3 is 0 Å². The van der Waals surface area contributed by atoms with Crippen molar-refractivity contribution in [1.29, 1.82) is 0 Å². The van der Waals surface area contributed by atoms with Gasteiger partial charge in [0.2, 0.25) is 5.91 Å². The van der Waals surface area contributed by atoms with Crippen LogP contribution in [0.2, 0.25) is 0 Å². The van der Waals surface area contributed by atoms with Crippen LogP contribution in [0.3, 0.4) is 0 Å². The van der Waals surface area contributed by atoms with Crippen LogP contribution in [0.4, 0.5) is 0 Å². The largest absolute Gasteiger partial charge is 0.392 e. The maximum Gasteiger partial charge on any atom is 0.237 e. The van der Waals surface area contributed by atoms with E-state index >= 15 is 0 Å². The van der Waals surface area contributed by atoms with Crippen molar-refractivity contribution in [2.24, 2.45) is 0 Å². The molecule has 0 aliphatic heterocycles. The average molecular weight is 216 g/mol.